The highest BCUT2D eigenvalue weighted by Crippen LogP contribution is 2.48. The third-order valence-corrected chi connectivity index (χ3v) is 5.13. The summed E-state index contributed by atoms with van der Waals surface area (Å²) in [6, 6.07) is 13.5. The Labute approximate surface area is 159 Å². The van der Waals surface area contributed by atoms with Gasteiger partial charge in [-0.2, -0.15) is 0 Å². The summed E-state index contributed by atoms with van der Waals surface area (Å²) in [4.78, 5) is 0. The summed E-state index contributed by atoms with van der Waals surface area (Å²) in [5.41, 5.74) is 5.84. The highest BCUT2D eigenvalue weighted by Gasteiger charge is 2.34. The fourth-order valence-electron chi connectivity index (χ4n) is 4.03. The van der Waals surface area contributed by atoms with Gasteiger partial charge in [-0.1, -0.05) is 79.7 Å². The van der Waals surface area contributed by atoms with Gasteiger partial charge in [-0.25, -0.2) is 0 Å². The quantitative estimate of drug-likeness (QED) is 0.552. The minimum atomic E-state index is -0.0446. The molecule has 1 heteroatoms. The highest BCUT2D eigenvalue weighted by atomic mass is 16.5. The Morgan fingerprint density at radius 1 is 0.692 bits per heavy atom. The van der Waals surface area contributed by atoms with Crippen molar-refractivity contribution in [1.82, 2.24) is 0 Å². The Morgan fingerprint density at radius 2 is 1.23 bits per heavy atom. The summed E-state index contributed by atoms with van der Waals surface area (Å²) in [6.07, 6.45) is 2.13. The van der Waals surface area contributed by atoms with E-state index >= 15 is 0 Å². The van der Waals surface area contributed by atoms with Crippen LogP contribution in [0.4, 0.5) is 0 Å². The monoisotopic (exact) mass is 350 g/mol. The molecule has 2 aromatic rings. The zero-order chi connectivity index (χ0) is 19.3. The van der Waals surface area contributed by atoms with Crippen molar-refractivity contribution in [2.45, 2.75) is 73.6 Å². The fraction of sp³-hybridized carbons (Fsp3) is 0.520. The van der Waals surface area contributed by atoms with E-state index in [0.29, 0.717) is 0 Å². The van der Waals surface area contributed by atoms with Gasteiger partial charge in [-0.05, 0) is 46.9 Å². The van der Waals surface area contributed by atoms with Crippen LogP contribution >= 0.6 is 0 Å². The van der Waals surface area contributed by atoms with Crippen molar-refractivity contribution in [2.24, 2.45) is 10.8 Å². The SMILES string of the molecule is CC(C)(C)Cc1ccc2c(c1)Oc1ccc(CC(C)(C)C)cc1C2(C)C. The van der Waals surface area contributed by atoms with Crippen LogP contribution in [0.25, 0.3) is 0 Å². The molecule has 140 valence electrons. The second-order valence-corrected chi connectivity index (χ2v) is 10.9. The van der Waals surface area contributed by atoms with E-state index in [-0.39, 0.29) is 16.2 Å². The van der Waals surface area contributed by atoms with E-state index in [1.165, 1.54) is 22.3 Å². The van der Waals surface area contributed by atoms with Crippen molar-refractivity contribution in [2.75, 3.05) is 0 Å². The van der Waals surface area contributed by atoms with Gasteiger partial charge < -0.3 is 4.74 Å². The van der Waals surface area contributed by atoms with Gasteiger partial charge in [0.25, 0.3) is 0 Å². The summed E-state index contributed by atoms with van der Waals surface area (Å²) in [7, 11) is 0. The molecule has 0 atom stereocenters. The van der Waals surface area contributed by atoms with Crippen molar-refractivity contribution >= 4 is 0 Å². The van der Waals surface area contributed by atoms with Crippen molar-refractivity contribution < 1.29 is 4.74 Å². The van der Waals surface area contributed by atoms with Gasteiger partial charge >= 0.3 is 0 Å². The number of hydrogen-bond donors (Lipinski definition) is 0. The first kappa shape index (κ1) is 19.0. The lowest BCUT2D eigenvalue weighted by molar-refractivity contribution is 0.398. The van der Waals surface area contributed by atoms with Gasteiger partial charge in [0.05, 0.1) is 0 Å². The second-order valence-electron chi connectivity index (χ2n) is 10.9. The highest BCUT2D eigenvalue weighted by molar-refractivity contribution is 5.58. The lowest BCUT2D eigenvalue weighted by atomic mass is 9.74. The smallest absolute Gasteiger partial charge is 0.131 e. The first-order chi connectivity index (χ1) is 11.9. The van der Waals surface area contributed by atoms with Crippen molar-refractivity contribution in [1.29, 1.82) is 0 Å². The lowest BCUT2D eigenvalue weighted by Gasteiger charge is -2.35. The van der Waals surface area contributed by atoms with Gasteiger partial charge in [0, 0.05) is 16.5 Å². The van der Waals surface area contributed by atoms with Crippen LogP contribution in [0.1, 0.15) is 77.6 Å². The van der Waals surface area contributed by atoms with Gasteiger partial charge in [-0.3, -0.25) is 0 Å². The third-order valence-electron chi connectivity index (χ3n) is 5.13. The Kier molecular flexibility index (Phi) is 4.50. The summed E-state index contributed by atoms with van der Waals surface area (Å²) in [5.74, 6) is 2.03. The molecule has 0 saturated carbocycles. The molecule has 0 fully saturated rings. The zero-order valence-electron chi connectivity index (χ0n) is 17.8. The normalized spacial score (nSPS) is 15.8. The molecule has 3 rings (SSSR count). The molecule has 0 aromatic heterocycles. The Morgan fingerprint density at radius 3 is 1.81 bits per heavy atom. The molecule has 0 aliphatic carbocycles. The molecule has 0 saturated heterocycles. The van der Waals surface area contributed by atoms with Gasteiger partial charge in [0.15, 0.2) is 0 Å². The second kappa shape index (κ2) is 6.15. The van der Waals surface area contributed by atoms with E-state index in [0.717, 1.165) is 24.3 Å². The van der Waals surface area contributed by atoms with Crippen LogP contribution in [0.3, 0.4) is 0 Å². The molecule has 1 heterocycles. The fourth-order valence-corrected chi connectivity index (χ4v) is 4.03. The predicted molar refractivity (Wildman–Crippen MR) is 111 cm³/mol. The molecule has 0 bridgehead atoms. The molecule has 0 radical (unpaired) electrons. The minimum Gasteiger partial charge on any atom is -0.457 e. The number of rotatable bonds is 2. The molecule has 0 spiro atoms. The van der Waals surface area contributed by atoms with Crippen LogP contribution in [0.2, 0.25) is 0 Å². The van der Waals surface area contributed by atoms with E-state index in [1.54, 1.807) is 0 Å². The van der Waals surface area contributed by atoms with E-state index in [2.05, 4.69) is 91.8 Å². The van der Waals surface area contributed by atoms with E-state index in [9.17, 15) is 0 Å². The van der Waals surface area contributed by atoms with Gasteiger partial charge in [0.2, 0.25) is 0 Å². The summed E-state index contributed by atoms with van der Waals surface area (Å²) in [5, 5.41) is 0. The molecule has 1 aliphatic heterocycles. The van der Waals surface area contributed by atoms with Crippen LogP contribution in [0.5, 0.6) is 11.5 Å². The van der Waals surface area contributed by atoms with E-state index in [4.69, 9.17) is 4.74 Å². The third kappa shape index (κ3) is 3.98. The van der Waals surface area contributed by atoms with Crippen LogP contribution < -0.4 is 4.74 Å². The zero-order valence-corrected chi connectivity index (χ0v) is 17.8. The molecule has 2 aromatic carbocycles. The average molecular weight is 351 g/mol. The van der Waals surface area contributed by atoms with Crippen LogP contribution in [-0.2, 0) is 18.3 Å². The van der Waals surface area contributed by atoms with Crippen LogP contribution in [-0.4, -0.2) is 0 Å². The van der Waals surface area contributed by atoms with Gasteiger partial charge in [-0.15, -0.1) is 0 Å². The summed E-state index contributed by atoms with van der Waals surface area (Å²) in [6.45, 7) is 18.4. The molecular formula is C25H34O. The number of hydrogen-bond acceptors (Lipinski definition) is 1. The molecule has 0 unspecified atom stereocenters. The van der Waals surface area contributed by atoms with Crippen molar-refractivity contribution in [3.05, 3.63) is 58.7 Å². The molecule has 0 amide bonds. The molecule has 1 nitrogen and oxygen atoms in total. The predicted octanol–water partition coefficient (Wildman–Crippen LogP) is 7.30. The molecule has 26 heavy (non-hydrogen) atoms. The number of benzene rings is 2. The first-order valence-electron chi connectivity index (χ1n) is 9.80. The number of ether oxygens (including phenoxy) is 1. The Bertz CT molecular complexity index is 813. The van der Waals surface area contributed by atoms with Crippen molar-refractivity contribution in [3.8, 4) is 11.5 Å². The Hall–Kier alpha value is -1.76. The maximum Gasteiger partial charge on any atom is 0.131 e. The van der Waals surface area contributed by atoms with Gasteiger partial charge in [0.1, 0.15) is 11.5 Å². The minimum absolute atomic E-state index is 0.0446. The largest absolute Gasteiger partial charge is 0.457 e. The maximum atomic E-state index is 6.35. The average Bonchev–Trinajstić information content (AvgIpc) is 2.44. The van der Waals surface area contributed by atoms with Crippen LogP contribution in [0.15, 0.2) is 36.4 Å². The molecule has 0 N–H and O–H groups in total. The number of fused-ring (bicyclic) bond motifs is 2. The lowest BCUT2D eigenvalue weighted by Crippen LogP contribution is -2.25. The molecule has 1 aliphatic rings. The summed E-state index contributed by atoms with van der Waals surface area (Å²) >= 11 is 0. The van der Waals surface area contributed by atoms with E-state index in [1.807, 2.05) is 0 Å². The summed E-state index contributed by atoms with van der Waals surface area (Å²) < 4.78 is 6.35. The van der Waals surface area contributed by atoms with E-state index < -0.39 is 0 Å². The Balaban J connectivity index is 2.00. The maximum absolute atomic E-state index is 6.35. The molecular weight excluding hydrogens is 316 g/mol. The first-order valence-corrected chi connectivity index (χ1v) is 9.80. The van der Waals surface area contributed by atoms with Crippen LogP contribution in [0, 0.1) is 10.8 Å². The topological polar surface area (TPSA) is 9.23 Å². The van der Waals surface area contributed by atoms with Crippen molar-refractivity contribution in [3.63, 3.8) is 0 Å². The standard InChI is InChI=1S/C25H34O/c1-23(2,3)15-17-10-12-21-20(13-17)25(7,8)19-11-9-18(14-22(19)26-21)16-24(4,5)6/h9-14H,15-16H2,1-8H3.